The first-order valence-electron chi connectivity index (χ1n) is 10.0. The summed E-state index contributed by atoms with van der Waals surface area (Å²) in [5.41, 5.74) is 0.568. The first-order valence-corrected chi connectivity index (χ1v) is 10.4. The zero-order valence-electron chi connectivity index (χ0n) is 17.2. The van der Waals surface area contributed by atoms with Crippen molar-refractivity contribution < 1.29 is 40.6 Å². The SMILES string of the molecule is COc1c(Cl)cccc1CN1CCCC12CCN(C(=O)OC(C(F)(F)F)C(F)(F)F)CC2. The Morgan fingerprint density at radius 1 is 1.09 bits per heavy atom. The number of rotatable bonds is 4. The molecule has 180 valence electrons. The van der Waals surface area contributed by atoms with Crippen LogP contribution in [-0.4, -0.2) is 66.6 Å². The third-order valence-electron chi connectivity index (χ3n) is 6.12. The van der Waals surface area contributed by atoms with Gasteiger partial charge in [-0.3, -0.25) is 4.90 Å². The Bertz CT molecular complexity index is 811. The molecule has 12 heteroatoms. The lowest BCUT2D eigenvalue weighted by Gasteiger charge is -2.45. The first kappa shape index (κ1) is 24.8. The number of para-hydroxylation sites is 1. The van der Waals surface area contributed by atoms with Gasteiger partial charge in [0.25, 0.3) is 6.10 Å². The van der Waals surface area contributed by atoms with E-state index in [0.29, 0.717) is 30.2 Å². The second-order valence-corrected chi connectivity index (χ2v) is 8.42. The summed E-state index contributed by atoms with van der Waals surface area (Å²) in [6, 6.07) is 5.40. The Labute approximate surface area is 186 Å². The Kier molecular flexibility index (Phi) is 7.09. The minimum atomic E-state index is -5.73. The van der Waals surface area contributed by atoms with E-state index in [1.165, 1.54) is 7.11 Å². The highest BCUT2D eigenvalue weighted by molar-refractivity contribution is 6.32. The molecule has 2 saturated heterocycles. The fourth-order valence-corrected chi connectivity index (χ4v) is 4.79. The number of alkyl halides is 6. The molecule has 0 aliphatic carbocycles. The molecule has 3 rings (SSSR count). The summed E-state index contributed by atoms with van der Waals surface area (Å²) in [4.78, 5) is 15.2. The van der Waals surface area contributed by atoms with Crippen LogP contribution in [0.4, 0.5) is 31.1 Å². The van der Waals surface area contributed by atoms with Gasteiger partial charge in [-0.05, 0) is 38.3 Å². The van der Waals surface area contributed by atoms with Crippen molar-refractivity contribution in [1.82, 2.24) is 9.80 Å². The molecule has 2 aliphatic rings. The number of hydrogen-bond acceptors (Lipinski definition) is 4. The standard InChI is InChI=1S/C20H23ClF6N2O3/c1-31-15-13(4-2-5-14(15)21)12-29-9-3-6-18(29)7-10-28(11-8-18)17(30)32-16(19(22,23)24)20(25,26)27/h2,4-5,16H,3,6-12H2,1H3. The van der Waals surface area contributed by atoms with Gasteiger partial charge >= 0.3 is 18.4 Å². The van der Waals surface area contributed by atoms with Crippen LogP contribution >= 0.6 is 11.6 Å². The van der Waals surface area contributed by atoms with Crippen LogP contribution in [0.25, 0.3) is 0 Å². The number of carbonyl (C=O) groups excluding carboxylic acids is 1. The molecule has 0 N–H and O–H groups in total. The fourth-order valence-electron chi connectivity index (χ4n) is 4.52. The van der Waals surface area contributed by atoms with Crippen molar-refractivity contribution in [3.05, 3.63) is 28.8 Å². The maximum Gasteiger partial charge on any atom is 0.434 e. The van der Waals surface area contributed by atoms with Gasteiger partial charge in [-0.15, -0.1) is 0 Å². The Morgan fingerprint density at radius 2 is 1.72 bits per heavy atom. The van der Waals surface area contributed by atoms with Crippen LogP contribution in [0.1, 0.15) is 31.2 Å². The van der Waals surface area contributed by atoms with Crippen LogP contribution in [0.2, 0.25) is 5.02 Å². The molecule has 2 heterocycles. The van der Waals surface area contributed by atoms with E-state index in [0.717, 1.165) is 29.8 Å². The van der Waals surface area contributed by atoms with Gasteiger partial charge < -0.3 is 14.4 Å². The molecule has 0 aromatic heterocycles. The molecule has 1 amide bonds. The second kappa shape index (κ2) is 9.17. The molecule has 0 unspecified atom stereocenters. The topological polar surface area (TPSA) is 42.0 Å². The summed E-state index contributed by atoms with van der Waals surface area (Å²) < 4.78 is 85.4. The maximum absolute atomic E-state index is 12.7. The van der Waals surface area contributed by atoms with E-state index in [4.69, 9.17) is 16.3 Å². The van der Waals surface area contributed by atoms with Gasteiger partial charge in [0.2, 0.25) is 0 Å². The molecular formula is C20H23ClF6N2O3. The molecule has 0 saturated carbocycles. The minimum Gasteiger partial charge on any atom is -0.495 e. The molecule has 0 radical (unpaired) electrons. The highest BCUT2D eigenvalue weighted by Gasteiger charge is 2.60. The summed E-state index contributed by atoms with van der Waals surface area (Å²) in [5.74, 6) is 0.558. The minimum absolute atomic E-state index is 0.00441. The highest BCUT2D eigenvalue weighted by Crippen LogP contribution is 2.42. The van der Waals surface area contributed by atoms with E-state index in [1.807, 2.05) is 6.07 Å². The van der Waals surface area contributed by atoms with Crippen molar-refractivity contribution in [2.75, 3.05) is 26.7 Å². The van der Waals surface area contributed by atoms with Crippen molar-refractivity contribution in [1.29, 1.82) is 0 Å². The highest BCUT2D eigenvalue weighted by atomic mass is 35.5. The number of benzene rings is 1. The van der Waals surface area contributed by atoms with Crippen molar-refractivity contribution >= 4 is 17.7 Å². The first-order chi connectivity index (χ1) is 14.9. The third-order valence-corrected chi connectivity index (χ3v) is 6.42. The molecule has 2 aliphatic heterocycles. The van der Waals surface area contributed by atoms with Crippen molar-refractivity contribution in [3.8, 4) is 5.75 Å². The number of carbonyl (C=O) groups is 1. The van der Waals surface area contributed by atoms with E-state index < -0.39 is 24.5 Å². The van der Waals surface area contributed by atoms with Gasteiger partial charge in [0.1, 0.15) is 5.75 Å². The normalized spacial score (nSPS) is 19.6. The molecule has 1 aromatic rings. The largest absolute Gasteiger partial charge is 0.495 e. The fraction of sp³-hybridized carbons (Fsp3) is 0.650. The summed E-state index contributed by atoms with van der Waals surface area (Å²) in [7, 11) is 1.52. The van der Waals surface area contributed by atoms with Crippen LogP contribution in [0.5, 0.6) is 5.75 Å². The van der Waals surface area contributed by atoms with Crippen LogP contribution in [-0.2, 0) is 11.3 Å². The number of hydrogen-bond donors (Lipinski definition) is 0. The van der Waals surface area contributed by atoms with Gasteiger partial charge in [-0.1, -0.05) is 23.7 Å². The smallest absolute Gasteiger partial charge is 0.434 e. The van der Waals surface area contributed by atoms with Crippen molar-refractivity contribution in [3.63, 3.8) is 0 Å². The average molecular weight is 489 g/mol. The number of likely N-dealkylation sites (tertiary alicyclic amines) is 2. The third kappa shape index (κ3) is 5.19. The van der Waals surface area contributed by atoms with Crippen molar-refractivity contribution in [2.45, 2.75) is 56.2 Å². The Morgan fingerprint density at radius 3 is 2.28 bits per heavy atom. The number of methoxy groups -OCH3 is 1. The van der Waals surface area contributed by atoms with Crippen molar-refractivity contribution in [2.24, 2.45) is 0 Å². The zero-order valence-corrected chi connectivity index (χ0v) is 18.0. The van der Waals surface area contributed by atoms with Gasteiger partial charge in [0.15, 0.2) is 0 Å². The lowest BCUT2D eigenvalue weighted by Crippen LogP contribution is -2.54. The van der Waals surface area contributed by atoms with E-state index in [9.17, 15) is 31.1 Å². The van der Waals surface area contributed by atoms with E-state index >= 15 is 0 Å². The Hall–Kier alpha value is -1.88. The predicted octanol–water partition coefficient (Wildman–Crippen LogP) is 5.41. The molecule has 0 atom stereocenters. The number of piperidine rings is 1. The van der Waals surface area contributed by atoms with E-state index in [1.54, 1.807) is 12.1 Å². The maximum atomic E-state index is 12.7. The molecule has 0 bridgehead atoms. The Balaban J connectivity index is 1.66. The van der Waals surface area contributed by atoms with Crippen LogP contribution in [0, 0.1) is 0 Å². The second-order valence-electron chi connectivity index (χ2n) is 8.02. The van der Waals surface area contributed by atoms with Gasteiger partial charge in [-0.25, -0.2) is 4.79 Å². The monoisotopic (exact) mass is 488 g/mol. The van der Waals surface area contributed by atoms with Crippen LogP contribution < -0.4 is 4.74 Å². The summed E-state index contributed by atoms with van der Waals surface area (Å²) in [6.07, 6.45) is -14.7. The molecule has 32 heavy (non-hydrogen) atoms. The molecule has 5 nitrogen and oxygen atoms in total. The van der Waals surface area contributed by atoms with E-state index in [2.05, 4.69) is 9.64 Å². The lowest BCUT2D eigenvalue weighted by atomic mass is 9.85. The summed E-state index contributed by atoms with van der Waals surface area (Å²) >= 11 is 6.19. The zero-order chi connectivity index (χ0) is 23.7. The van der Waals surface area contributed by atoms with Gasteiger partial charge in [0, 0.05) is 30.7 Å². The molecule has 1 aromatic carbocycles. The molecule has 2 fully saturated rings. The van der Waals surface area contributed by atoms with Crippen LogP contribution in [0.15, 0.2) is 18.2 Å². The van der Waals surface area contributed by atoms with Crippen LogP contribution in [0.3, 0.4) is 0 Å². The average Bonchev–Trinajstić information content (AvgIpc) is 3.06. The lowest BCUT2D eigenvalue weighted by molar-refractivity contribution is -0.308. The van der Waals surface area contributed by atoms with Gasteiger partial charge in [-0.2, -0.15) is 26.3 Å². The molecular weight excluding hydrogens is 466 g/mol. The van der Waals surface area contributed by atoms with E-state index in [-0.39, 0.29) is 18.6 Å². The summed E-state index contributed by atoms with van der Waals surface area (Å²) in [6.45, 7) is 1.30. The predicted molar refractivity (Wildman–Crippen MR) is 104 cm³/mol. The number of ether oxygens (including phenoxy) is 2. The quantitative estimate of drug-likeness (QED) is 0.532. The number of nitrogens with zero attached hydrogens (tertiary/aromatic N) is 2. The number of halogens is 7. The molecule has 1 spiro atoms. The number of amides is 1. The van der Waals surface area contributed by atoms with Gasteiger partial charge in [0.05, 0.1) is 12.1 Å². The summed E-state index contributed by atoms with van der Waals surface area (Å²) in [5, 5.41) is 0.472.